The summed E-state index contributed by atoms with van der Waals surface area (Å²) in [6, 6.07) is 8.81. The van der Waals surface area contributed by atoms with Crippen molar-refractivity contribution in [1.82, 2.24) is 0 Å². The summed E-state index contributed by atoms with van der Waals surface area (Å²) in [5.74, 6) is -0.0470. The quantitative estimate of drug-likeness (QED) is 0.639. The average Bonchev–Trinajstić information content (AvgIpc) is 2.39. The van der Waals surface area contributed by atoms with Crippen molar-refractivity contribution in [1.29, 1.82) is 0 Å². The van der Waals surface area contributed by atoms with Crippen LogP contribution in [0.25, 0.3) is 0 Å². The lowest BCUT2D eigenvalue weighted by molar-refractivity contribution is -0.683. The lowest BCUT2D eigenvalue weighted by Gasteiger charge is -2.10. The molecule has 2 rings (SSSR count). The zero-order valence-corrected chi connectivity index (χ0v) is 12.8. The number of hydrogen-bond acceptors (Lipinski definition) is 2. The van der Waals surface area contributed by atoms with Crippen LogP contribution < -0.4 is 9.47 Å². The van der Waals surface area contributed by atoms with E-state index in [0.29, 0.717) is 15.6 Å². The molecule has 0 N–H and O–H groups in total. The molecule has 1 aromatic carbocycles. The molecule has 1 aromatic heterocycles. The Balaban J connectivity index is 2.15. The van der Waals surface area contributed by atoms with Gasteiger partial charge in [-0.25, -0.2) is 0 Å². The highest BCUT2D eigenvalue weighted by atomic mass is 35.5. The van der Waals surface area contributed by atoms with Gasteiger partial charge in [0.05, 0.1) is 5.02 Å². The molecule has 0 fully saturated rings. The molecule has 0 spiro atoms. The molecule has 0 radical (unpaired) electrons. The van der Waals surface area contributed by atoms with Crippen molar-refractivity contribution in [3.05, 3.63) is 58.3 Å². The van der Waals surface area contributed by atoms with Crippen LogP contribution in [0, 0.1) is 0 Å². The van der Waals surface area contributed by atoms with Crippen LogP contribution in [0.2, 0.25) is 10.0 Å². The minimum Gasteiger partial charge on any atom is -0.377 e. The molecular weight excluding hydrogens is 295 g/mol. The molecule has 20 heavy (non-hydrogen) atoms. The first kappa shape index (κ1) is 14.8. The lowest BCUT2D eigenvalue weighted by atomic mass is 10.1. The number of halogens is 2. The maximum absolute atomic E-state index is 12.2. The average molecular weight is 310 g/mol. The highest BCUT2D eigenvalue weighted by molar-refractivity contribution is 6.36. The standard InChI is InChI=1S/C15H15Cl2N2O/c1-18(2)12-5-7-19(8-6-12)10-15(20)13-4-3-11(16)9-14(13)17/h3-9H,10H2,1-2H3/q+1. The number of hydrogen-bond donors (Lipinski definition) is 0. The normalized spacial score (nSPS) is 10.4. The van der Waals surface area contributed by atoms with Crippen LogP contribution in [0.1, 0.15) is 10.4 Å². The molecule has 3 nitrogen and oxygen atoms in total. The van der Waals surface area contributed by atoms with Crippen molar-refractivity contribution in [2.75, 3.05) is 19.0 Å². The van der Waals surface area contributed by atoms with E-state index in [2.05, 4.69) is 0 Å². The topological polar surface area (TPSA) is 24.2 Å². The molecule has 1 heterocycles. The van der Waals surface area contributed by atoms with Gasteiger partial charge in [-0.1, -0.05) is 23.2 Å². The number of rotatable bonds is 4. The van der Waals surface area contributed by atoms with Gasteiger partial charge in [-0.15, -0.1) is 0 Å². The molecule has 0 atom stereocenters. The first-order valence-corrected chi connectivity index (χ1v) is 6.87. The smallest absolute Gasteiger partial charge is 0.229 e. The Bertz CT molecular complexity index is 624. The van der Waals surface area contributed by atoms with Gasteiger partial charge in [-0.2, -0.15) is 4.57 Å². The van der Waals surface area contributed by atoms with Crippen molar-refractivity contribution in [3.63, 3.8) is 0 Å². The molecular formula is C15H15Cl2N2O+. The highest BCUT2D eigenvalue weighted by Gasteiger charge is 2.15. The number of pyridine rings is 1. The minimum absolute atomic E-state index is 0.0470. The Labute approximate surface area is 128 Å². The van der Waals surface area contributed by atoms with Crippen molar-refractivity contribution >= 4 is 34.7 Å². The lowest BCUT2D eigenvalue weighted by Crippen LogP contribution is -2.37. The molecule has 0 aliphatic carbocycles. The van der Waals surface area contributed by atoms with Crippen LogP contribution in [0.4, 0.5) is 5.69 Å². The number of carbonyl (C=O) groups excluding carboxylic acids is 1. The van der Waals surface area contributed by atoms with E-state index >= 15 is 0 Å². The molecule has 5 heteroatoms. The third kappa shape index (κ3) is 3.50. The molecule has 0 unspecified atom stereocenters. The highest BCUT2D eigenvalue weighted by Crippen LogP contribution is 2.21. The van der Waals surface area contributed by atoms with Crippen LogP contribution in [0.3, 0.4) is 0 Å². The summed E-state index contributed by atoms with van der Waals surface area (Å²) in [4.78, 5) is 14.2. The molecule has 0 bridgehead atoms. The number of nitrogens with zero attached hydrogens (tertiary/aromatic N) is 2. The fraction of sp³-hybridized carbons (Fsp3) is 0.200. The Morgan fingerprint density at radius 2 is 1.80 bits per heavy atom. The number of ketones is 1. The summed E-state index contributed by atoms with van der Waals surface area (Å²) in [5.41, 5.74) is 1.57. The first-order valence-electron chi connectivity index (χ1n) is 6.12. The van der Waals surface area contributed by atoms with Gasteiger partial charge in [0.25, 0.3) is 0 Å². The van der Waals surface area contributed by atoms with Crippen molar-refractivity contribution < 1.29 is 9.36 Å². The second-order valence-electron chi connectivity index (χ2n) is 4.67. The van der Waals surface area contributed by atoms with E-state index in [9.17, 15) is 4.79 Å². The van der Waals surface area contributed by atoms with Gasteiger partial charge in [0.15, 0.2) is 12.4 Å². The number of aromatic nitrogens is 1. The van der Waals surface area contributed by atoms with Gasteiger partial charge in [-0.3, -0.25) is 4.79 Å². The summed E-state index contributed by atoms with van der Waals surface area (Å²) in [7, 11) is 3.94. The van der Waals surface area contributed by atoms with Gasteiger partial charge in [0, 0.05) is 42.5 Å². The molecule has 0 saturated carbocycles. The number of benzene rings is 1. The summed E-state index contributed by atoms with van der Waals surface area (Å²) in [6.07, 6.45) is 3.74. The van der Waals surface area contributed by atoms with Crippen molar-refractivity contribution in [2.45, 2.75) is 6.54 Å². The fourth-order valence-corrected chi connectivity index (χ4v) is 2.33. The predicted octanol–water partition coefficient (Wildman–Crippen LogP) is 3.23. The number of anilines is 1. The number of Topliss-reactive ketones (excluding diaryl/α,β-unsaturated/α-hetero) is 1. The minimum atomic E-state index is -0.0470. The van der Waals surface area contributed by atoms with Gasteiger partial charge in [-0.05, 0) is 18.2 Å². The molecule has 0 amide bonds. The van der Waals surface area contributed by atoms with Gasteiger partial charge in [0.1, 0.15) is 0 Å². The van der Waals surface area contributed by atoms with E-state index in [1.165, 1.54) is 0 Å². The van der Waals surface area contributed by atoms with Gasteiger partial charge < -0.3 is 4.90 Å². The van der Waals surface area contributed by atoms with E-state index in [1.54, 1.807) is 18.2 Å². The van der Waals surface area contributed by atoms with E-state index in [4.69, 9.17) is 23.2 Å². The maximum atomic E-state index is 12.2. The van der Waals surface area contributed by atoms with Crippen LogP contribution in [0.5, 0.6) is 0 Å². The Hall–Kier alpha value is -1.58. The van der Waals surface area contributed by atoms with Gasteiger partial charge in [0.2, 0.25) is 12.3 Å². The zero-order valence-electron chi connectivity index (χ0n) is 11.3. The largest absolute Gasteiger partial charge is 0.377 e. The predicted molar refractivity (Wildman–Crippen MR) is 81.8 cm³/mol. The molecule has 0 saturated heterocycles. The molecule has 0 aliphatic rings. The maximum Gasteiger partial charge on any atom is 0.229 e. The van der Waals surface area contributed by atoms with Crippen molar-refractivity contribution in [3.8, 4) is 0 Å². The second kappa shape index (κ2) is 6.25. The third-order valence-electron chi connectivity index (χ3n) is 2.95. The summed E-state index contributed by atoms with van der Waals surface area (Å²) in [6.45, 7) is 0.245. The Morgan fingerprint density at radius 3 is 2.35 bits per heavy atom. The van der Waals surface area contributed by atoms with E-state index in [1.807, 2.05) is 48.1 Å². The zero-order chi connectivity index (χ0) is 14.7. The second-order valence-corrected chi connectivity index (χ2v) is 5.51. The van der Waals surface area contributed by atoms with E-state index in [0.717, 1.165) is 5.69 Å². The van der Waals surface area contributed by atoms with Crippen LogP contribution in [0.15, 0.2) is 42.7 Å². The third-order valence-corrected chi connectivity index (χ3v) is 3.50. The molecule has 0 aliphatic heterocycles. The SMILES string of the molecule is CN(C)c1cc[n+](CC(=O)c2ccc(Cl)cc2Cl)cc1. The van der Waals surface area contributed by atoms with Crippen LogP contribution >= 0.6 is 23.2 Å². The first-order chi connectivity index (χ1) is 9.47. The van der Waals surface area contributed by atoms with Crippen LogP contribution in [-0.4, -0.2) is 19.9 Å². The molecule has 104 valence electrons. The van der Waals surface area contributed by atoms with E-state index in [-0.39, 0.29) is 12.3 Å². The Kier molecular flexibility index (Phi) is 4.63. The number of carbonyl (C=O) groups is 1. The molecule has 2 aromatic rings. The van der Waals surface area contributed by atoms with Gasteiger partial charge >= 0.3 is 0 Å². The fourth-order valence-electron chi connectivity index (χ4n) is 1.82. The summed E-state index contributed by atoms with van der Waals surface area (Å²) < 4.78 is 1.82. The monoisotopic (exact) mass is 309 g/mol. The van der Waals surface area contributed by atoms with Crippen LogP contribution in [-0.2, 0) is 6.54 Å². The summed E-state index contributed by atoms with van der Waals surface area (Å²) >= 11 is 11.9. The van der Waals surface area contributed by atoms with Crippen molar-refractivity contribution in [2.24, 2.45) is 0 Å². The summed E-state index contributed by atoms with van der Waals surface area (Å²) in [5, 5.41) is 0.905. The Morgan fingerprint density at radius 1 is 1.15 bits per heavy atom. The van der Waals surface area contributed by atoms with E-state index < -0.39 is 0 Å².